The Bertz CT molecular complexity index is 343. The second kappa shape index (κ2) is 8.25. The predicted molar refractivity (Wildman–Crippen MR) is 83.3 cm³/mol. The number of carboxylic acid groups (broad SMARTS) is 1. The molecule has 5 heteroatoms. The molecular formula is C16H30N2O3. The first-order valence-electron chi connectivity index (χ1n) is 8.19. The van der Waals surface area contributed by atoms with Crippen LogP contribution in [0.5, 0.6) is 0 Å². The lowest BCUT2D eigenvalue weighted by Crippen LogP contribution is -2.47. The van der Waals surface area contributed by atoms with Crippen molar-refractivity contribution >= 4 is 12.0 Å². The van der Waals surface area contributed by atoms with Crippen molar-refractivity contribution in [3.05, 3.63) is 0 Å². The van der Waals surface area contributed by atoms with Gasteiger partial charge in [-0.2, -0.15) is 0 Å². The molecule has 21 heavy (non-hydrogen) atoms. The highest BCUT2D eigenvalue weighted by atomic mass is 16.4. The van der Waals surface area contributed by atoms with Gasteiger partial charge in [0.05, 0.1) is 5.92 Å². The first-order chi connectivity index (χ1) is 9.94. The van der Waals surface area contributed by atoms with Crippen LogP contribution in [0, 0.1) is 11.3 Å². The summed E-state index contributed by atoms with van der Waals surface area (Å²) in [4.78, 5) is 24.7. The summed E-state index contributed by atoms with van der Waals surface area (Å²) in [6.07, 6.45) is 5.86. The summed E-state index contributed by atoms with van der Waals surface area (Å²) >= 11 is 0. The third-order valence-corrected chi connectivity index (χ3v) is 5.12. The molecule has 1 fully saturated rings. The fourth-order valence-electron chi connectivity index (χ4n) is 2.98. The number of nitrogens with zero attached hydrogens (tertiary/aromatic N) is 1. The van der Waals surface area contributed by atoms with Crippen LogP contribution in [0.3, 0.4) is 0 Å². The van der Waals surface area contributed by atoms with E-state index in [0.717, 1.165) is 25.9 Å². The number of hydrogen-bond acceptors (Lipinski definition) is 2. The molecule has 2 N–H and O–H groups in total. The number of urea groups is 1. The Hall–Kier alpha value is -1.26. The van der Waals surface area contributed by atoms with E-state index in [9.17, 15) is 9.59 Å². The highest BCUT2D eigenvalue weighted by Crippen LogP contribution is 2.37. The van der Waals surface area contributed by atoms with Crippen molar-refractivity contribution in [1.29, 1.82) is 0 Å². The van der Waals surface area contributed by atoms with E-state index < -0.39 is 5.97 Å². The average Bonchev–Trinajstić information content (AvgIpc) is 2.51. The van der Waals surface area contributed by atoms with Gasteiger partial charge >= 0.3 is 12.0 Å². The fourth-order valence-corrected chi connectivity index (χ4v) is 2.98. The number of amides is 2. The highest BCUT2D eigenvalue weighted by Gasteiger charge is 2.32. The predicted octanol–water partition coefficient (Wildman–Crippen LogP) is 3.10. The van der Waals surface area contributed by atoms with Crippen LogP contribution in [0.1, 0.15) is 59.3 Å². The third-order valence-electron chi connectivity index (χ3n) is 5.12. The minimum Gasteiger partial charge on any atom is -0.481 e. The molecule has 0 aromatic rings. The van der Waals surface area contributed by atoms with Gasteiger partial charge in [-0.3, -0.25) is 4.79 Å². The molecule has 0 radical (unpaired) electrons. The van der Waals surface area contributed by atoms with E-state index in [1.54, 1.807) is 6.92 Å². The number of likely N-dealkylation sites (tertiary alicyclic amines) is 1. The van der Waals surface area contributed by atoms with Crippen LogP contribution in [0.15, 0.2) is 0 Å². The lowest BCUT2D eigenvalue weighted by molar-refractivity contribution is -0.141. The number of piperidine rings is 1. The van der Waals surface area contributed by atoms with Crippen molar-refractivity contribution in [3.63, 3.8) is 0 Å². The molecule has 1 atom stereocenters. The van der Waals surface area contributed by atoms with Gasteiger partial charge in [-0.15, -0.1) is 0 Å². The molecule has 122 valence electrons. The van der Waals surface area contributed by atoms with Crippen LogP contribution in [0.4, 0.5) is 4.79 Å². The van der Waals surface area contributed by atoms with E-state index in [1.807, 2.05) is 4.90 Å². The average molecular weight is 298 g/mol. The van der Waals surface area contributed by atoms with E-state index in [-0.39, 0.29) is 11.9 Å². The summed E-state index contributed by atoms with van der Waals surface area (Å²) in [5.74, 6) is -1.11. The van der Waals surface area contributed by atoms with E-state index >= 15 is 0 Å². The zero-order valence-electron chi connectivity index (χ0n) is 13.7. The van der Waals surface area contributed by atoms with Gasteiger partial charge in [0, 0.05) is 19.6 Å². The van der Waals surface area contributed by atoms with Crippen molar-refractivity contribution in [3.8, 4) is 0 Å². The van der Waals surface area contributed by atoms with Crippen molar-refractivity contribution in [2.75, 3.05) is 19.6 Å². The summed E-state index contributed by atoms with van der Waals surface area (Å²) in [5, 5.41) is 11.7. The van der Waals surface area contributed by atoms with Crippen LogP contribution < -0.4 is 5.32 Å². The van der Waals surface area contributed by atoms with Gasteiger partial charge in [0.2, 0.25) is 0 Å². The maximum absolute atomic E-state index is 12.1. The second-order valence-corrected chi connectivity index (χ2v) is 6.31. The van der Waals surface area contributed by atoms with Crippen LogP contribution >= 0.6 is 0 Å². The van der Waals surface area contributed by atoms with E-state index in [2.05, 4.69) is 19.2 Å². The molecule has 0 saturated carbocycles. The Balaban J connectivity index is 2.24. The summed E-state index contributed by atoms with van der Waals surface area (Å²) in [6, 6.07) is -0.00113. The normalized spacial score (nSPS) is 19.1. The quantitative estimate of drug-likeness (QED) is 0.710. The van der Waals surface area contributed by atoms with Gasteiger partial charge < -0.3 is 15.3 Å². The third kappa shape index (κ3) is 5.21. The zero-order valence-corrected chi connectivity index (χ0v) is 13.7. The van der Waals surface area contributed by atoms with Gasteiger partial charge in [-0.05, 0) is 31.1 Å². The highest BCUT2D eigenvalue weighted by molar-refractivity contribution is 5.74. The van der Waals surface area contributed by atoms with Gasteiger partial charge in [0.15, 0.2) is 0 Å². The number of nitrogens with one attached hydrogen (secondary N) is 1. The van der Waals surface area contributed by atoms with Crippen LogP contribution in [-0.4, -0.2) is 41.6 Å². The fraction of sp³-hybridized carbons (Fsp3) is 0.875. The number of carbonyl (C=O) groups excluding carboxylic acids is 1. The SMILES string of the molecule is CCC1(CC)CCN(C(=O)NCCCC(C)C(=O)O)CC1. The minimum atomic E-state index is -0.771. The number of hydrogen-bond donors (Lipinski definition) is 2. The van der Waals surface area contributed by atoms with Crippen molar-refractivity contribution in [2.24, 2.45) is 11.3 Å². The maximum Gasteiger partial charge on any atom is 0.317 e. The molecule has 1 heterocycles. The molecule has 1 aliphatic rings. The summed E-state index contributed by atoms with van der Waals surface area (Å²) in [6.45, 7) is 8.40. The molecule has 1 saturated heterocycles. The number of carbonyl (C=O) groups is 2. The summed E-state index contributed by atoms with van der Waals surface area (Å²) < 4.78 is 0. The van der Waals surface area contributed by atoms with Gasteiger partial charge in [-0.1, -0.05) is 33.6 Å². The van der Waals surface area contributed by atoms with E-state index in [4.69, 9.17) is 5.11 Å². The molecule has 0 bridgehead atoms. The van der Waals surface area contributed by atoms with Crippen LogP contribution in [0.25, 0.3) is 0 Å². The summed E-state index contributed by atoms with van der Waals surface area (Å²) in [7, 11) is 0. The molecule has 0 aliphatic carbocycles. The Labute approximate surface area is 128 Å². The molecule has 1 aliphatic heterocycles. The van der Waals surface area contributed by atoms with Crippen molar-refractivity contribution < 1.29 is 14.7 Å². The summed E-state index contributed by atoms with van der Waals surface area (Å²) in [5.41, 5.74) is 0.424. The number of rotatable bonds is 7. The lowest BCUT2D eigenvalue weighted by Gasteiger charge is -2.40. The first-order valence-corrected chi connectivity index (χ1v) is 8.19. The maximum atomic E-state index is 12.1. The monoisotopic (exact) mass is 298 g/mol. The molecular weight excluding hydrogens is 268 g/mol. The molecule has 2 amide bonds. The van der Waals surface area contributed by atoms with E-state index in [1.165, 1.54) is 12.8 Å². The standard InChI is InChI=1S/C16H30N2O3/c1-4-16(5-2)8-11-18(12-9-16)15(21)17-10-6-7-13(3)14(19)20/h13H,4-12H2,1-3H3,(H,17,21)(H,19,20). The first kappa shape index (κ1) is 17.8. The van der Waals surface area contributed by atoms with Gasteiger partial charge in [0.1, 0.15) is 0 Å². The van der Waals surface area contributed by atoms with Crippen LogP contribution in [-0.2, 0) is 4.79 Å². The number of aliphatic carboxylic acids is 1. The van der Waals surface area contributed by atoms with Gasteiger partial charge in [0.25, 0.3) is 0 Å². The van der Waals surface area contributed by atoms with Crippen molar-refractivity contribution in [1.82, 2.24) is 10.2 Å². The molecule has 1 unspecified atom stereocenters. The topological polar surface area (TPSA) is 69.6 Å². The van der Waals surface area contributed by atoms with Gasteiger partial charge in [-0.25, -0.2) is 4.79 Å². The second-order valence-electron chi connectivity index (χ2n) is 6.31. The Morgan fingerprint density at radius 1 is 1.24 bits per heavy atom. The van der Waals surface area contributed by atoms with Crippen molar-refractivity contribution in [2.45, 2.75) is 59.3 Å². The molecule has 0 aromatic carbocycles. The molecule has 0 spiro atoms. The Kier molecular flexibility index (Phi) is 6.99. The Morgan fingerprint density at radius 3 is 2.29 bits per heavy atom. The Morgan fingerprint density at radius 2 is 1.81 bits per heavy atom. The smallest absolute Gasteiger partial charge is 0.317 e. The molecule has 1 rings (SSSR count). The zero-order chi connectivity index (χ0) is 15.9. The molecule has 0 aromatic heterocycles. The molecule has 5 nitrogen and oxygen atoms in total. The largest absolute Gasteiger partial charge is 0.481 e. The van der Waals surface area contributed by atoms with E-state index in [0.29, 0.717) is 24.8 Å². The number of carboxylic acids is 1. The minimum absolute atomic E-state index is 0.00113. The van der Waals surface area contributed by atoms with Crippen LogP contribution in [0.2, 0.25) is 0 Å². The lowest BCUT2D eigenvalue weighted by atomic mass is 9.74.